The summed E-state index contributed by atoms with van der Waals surface area (Å²) < 4.78 is 8.06. The highest BCUT2D eigenvalue weighted by atomic mass is 16.5. The SMILES string of the molecule is COC(=O)CNc1c(-c2cn(C(C)=O)c3ccccc23)nc2cc(C(=O)NCCN)ccn12. The number of rotatable bonds is 7. The zero-order chi connectivity index (χ0) is 23.5. The van der Waals surface area contributed by atoms with Crippen LogP contribution in [0.15, 0.2) is 48.8 Å². The first-order chi connectivity index (χ1) is 15.9. The summed E-state index contributed by atoms with van der Waals surface area (Å²) in [4.78, 5) is 41.2. The van der Waals surface area contributed by atoms with Gasteiger partial charge in [0.05, 0.1) is 12.6 Å². The van der Waals surface area contributed by atoms with Gasteiger partial charge in [0, 0.05) is 48.9 Å². The zero-order valence-electron chi connectivity index (χ0n) is 18.3. The van der Waals surface area contributed by atoms with Gasteiger partial charge in [0.2, 0.25) is 5.91 Å². The molecule has 1 amide bonds. The number of carbonyl (C=O) groups excluding carboxylic acids is 3. The van der Waals surface area contributed by atoms with Crippen molar-refractivity contribution in [2.45, 2.75) is 6.92 Å². The second-order valence-electron chi connectivity index (χ2n) is 7.38. The molecule has 0 atom stereocenters. The van der Waals surface area contributed by atoms with E-state index in [1.54, 1.807) is 33.5 Å². The van der Waals surface area contributed by atoms with Gasteiger partial charge in [-0.25, -0.2) is 4.98 Å². The van der Waals surface area contributed by atoms with Crippen molar-refractivity contribution in [1.82, 2.24) is 19.3 Å². The maximum Gasteiger partial charge on any atom is 0.325 e. The number of nitrogens with zero attached hydrogens (tertiary/aromatic N) is 3. The van der Waals surface area contributed by atoms with E-state index in [0.717, 1.165) is 10.9 Å². The molecule has 0 radical (unpaired) electrons. The number of benzene rings is 1. The highest BCUT2D eigenvalue weighted by Gasteiger charge is 2.21. The average molecular weight is 448 g/mol. The van der Waals surface area contributed by atoms with Crippen molar-refractivity contribution in [1.29, 1.82) is 0 Å². The summed E-state index contributed by atoms with van der Waals surface area (Å²) in [7, 11) is 1.31. The Balaban J connectivity index is 1.89. The van der Waals surface area contributed by atoms with Crippen LogP contribution in [0, 0.1) is 0 Å². The highest BCUT2D eigenvalue weighted by Crippen LogP contribution is 2.35. The van der Waals surface area contributed by atoms with Crippen LogP contribution in [0.25, 0.3) is 27.8 Å². The largest absolute Gasteiger partial charge is 0.468 e. The second kappa shape index (κ2) is 9.13. The van der Waals surface area contributed by atoms with Gasteiger partial charge in [-0.3, -0.25) is 23.4 Å². The molecule has 0 fully saturated rings. The van der Waals surface area contributed by atoms with Crippen molar-refractivity contribution in [3.63, 3.8) is 0 Å². The molecular formula is C23H24N6O4. The molecule has 0 saturated heterocycles. The van der Waals surface area contributed by atoms with Crippen LogP contribution >= 0.6 is 0 Å². The summed E-state index contributed by atoms with van der Waals surface area (Å²) in [6.45, 7) is 2.10. The second-order valence-corrected chi connectivity index (χ2v) is 7.38. The number of hydrogen-bond donors (Lipinski definition) is 3. The van der Waals surface area contributed by atoms with Gasteiger partial charge in [0.1, 0.15) is 23.7 Å². The lowest BCUT2D eigenvalue weighted by molar-refractivity contribution is -0.138. The van der Waals surface area contributed by atoms with Gasteiger partial charge in [-0.15, -0.1) is 0 Å². The third-order valence-electron chi connectivity index (χ3n) is 5.25. The van der Waals surface area contributed by atoms with E-state index in [2.05, 4.69) is 10.6 Å². The third kappa shape index (κ3) is 4.15. The molecular weight excluding hydrogens is 424 g/mol. The molecule has 0 aliphatic rings. The van der Waals surface area contributed by atoms with E-state index in [1.165, 1.54) is 14.0 Å². The Morgan fingerprint density at radius 1 is 1.18 bits per heavy atom. The summed E-state index contributed by atoms with van der Waals surface area (Å²) in [5, 5.41) is 6.65. The molecule has 4 N–H and O–H groups in total. The number of esters is 1. The Labute approximate surface area is 189 Å². The predicted octanol–water partition coefficient (Wildman–Crippen LogP) is 1.89. The van der Waals surface area contributed by atoms with E-state index in [9.17, 15) is 14.4 Å². The van der Waals surface area contributed by atoms with Crippen LogP contribution in [0.2, 0.25) is 0 Å². The molecule has 3 aromatic heterocycles. The van der Waals surface area contributed by atoms with E-state index in [-0.39, 0.29) is 18.4 Å². The minimum atomic E-state index is -0.445. The number of amides is 1. The van der Waals surface area contributed by atoms with Gasteiger partial charge >= 0.3 is 5.97 Å². The predicted molar refractivity (Wildman–Crippen MR) is 124 cm³/mol. The molecule has 1 aromatic carbocycles. The molecule has 4 rings (SSSR count). The monoisotopic (exact) mass is 448 g/mol. The Kier molecular flexibility index (Phi) is 6.09. The minimum Gasteiger partial charge on any atom is -0.468 e. The van der Waals surface area contributed by atoms with E-state index >= 15 is 0 Å². The van der Waals surface area contributed by atoms with Crippen LogP contribution in [0.4, 0.5) is 5.82 Å². The number of nitrogens with one attached hydrogen (secondary N) is 2. The number of anilines is 1. The minimum absolute atomic E-state index is 0.0820. The lowest BCUT2D eigenvalue weighted by Gasteiger charge is -2.08. The molecule has 33 heavy (non-hydrogen) atoms. The fourth-order valence-electron chi connectivity index (χ4n) is 3.69. The Bertz CT molecular complexity index is 1370. The first kappa shape index (κ1) is 22.0. The number of ether oxygens (including phenoxy) is 1. The van der Waals surface area contributed by atoms with Crippen molar-refractivity contribution in [3.05, 3.63) is 54.4 Å². The molecule has 170 valence electrons. The fourth-order valence-corrected chi connectivity index (χ4v) is 3.69. The van der Waals surface area contributed by atoms with E-state index < -0.39 is 5.97 Å². The molecule has 3 heterocycles. The van der Waals surface area contributed by atoms with Gasteiger partial charge in [0.25, 0.3) is 5.91 Å². The van der Waals surface area contributed by atoms with Crippen molar-refractivity contribution >= 4 is 40.2 Å². The summed E-state index contributed by atoms with van der Waals surface area (Å²) in [6.07, 6.45) is 3.43. The molecule has 0 aliphatic heterocycles. The van der Waals surface area contributed by atoms with Gasteiger partial charge < -0.3 is 21.1 Å². The van der Waals surface area contributed by atoms with Crippen LogP contribution in [-0.2, 0) is 9.53 Å². The number of aromatic nitrogens is 3. The summed E-state index contributed by atoms with van der Waals surface area (Å²) in [5.74, 6) is -0.301. The van der Waals surface area contributed by atoms with Crippen LogP contribution in [0.5, 0.6) is 0 Å². The molecule has 0 saturated carbocycles. The molecule has 10 nitrogen and oxygen atoms in total. The summed E-state index contributed by atoms with van der Waals surface area (Å²) >= 11 is 0. The maximum absolute atomic E-state index is 12.4. The third-order valence-corrected chi connectivity index (χ3v) is 5.25. The van der Waals surface area contributed by atoms with Gasteiger partial charge in [-0.1, -0.05) is 18.2 Å². The van der Waals surface area contributed by atoms with Crippen molar-refractivity contribution in [3.8, 4) is 11.3 Å². The van der Waals surface area contributed by atoms with Crippen molar-refractivity contribution in [2.75, 3.05) is 32.1 Å². The molecule has 0 unspecified atom stereocenters. The van der Waals surface area contributed by atoms with Crippen LogP contribution < -0.4 is 16.4 Å². The maximum atomic E-state index is 12.4. The van der Waals surface area contributed by atoms with E-state index in [4.69, 9.17) is 15.5 Å². The van der Waals surface area contributed by atoms with Gasteiger partial charge in [0.15, 0.2) is 0 Å². The molecule has 4 aromatic rings. The number of pyridine rings is 1. The molecule has 0 bridgehead atoms. The quantitative estimate of drug-likeness (QED) is 0.368. The topological polar surface area (TPSA) is 133 Å². The van der Waals surface area contributed by atoms with Crippen molar-refractivity contribution < 1.29 is 19.1 Å². The first-order valence-corrected chi connectivity index (χ1v) is 10.4. The number of hydrogen-bond acceptors (Lipinski definition) is 7. The Morgan fingerprint density at radius 3 is 2.70 bits per heavy atom. The number of imidazole rings is 1. The number of carbonyl (C=O) groups is 3. The Hall–Kier alpha value is -4.18. The lowest BCUT2D eigenvalue weighted by Crippen LogP contribution is -2.29. The molecule has 0 spiro atoms. The smallest absolute Gasteiger partial charge is 0.325 e. The van der Waals surface area contributed by atoms with Crippen LogP contribution in [-0.4, -0.2) is 58.5 Å². The number of para-hydroxylation sites is 1. The molecule has 0 aliphatic carbocycles. The average Bonchev–Trinajstić information content (AvgIpc) is 3.38. The van der Waals surface area contributed by atoms with Crippen molar-refractivity contribution in [2.24, 2.45) is 5.73 Å². The first-order valence-electron chi connectivity index (χ1n) is 10.4. The normalized spacial score (nSPS) is 11.0. The highest BCUT2D eigenvalue weighted by molar-refractivity contribution is 6.03. The van der Waals surface area contributed by atoms with Crippen LogP contribution in [0.1, 0.15) is 22.1 Å². The summed E-state index contributed by atoms with van der Waals surface area (Å²) in [5.41, 5.74) is 8.39. The van der Waals surface area contributed by atoms with Crippen LogP contribution in [0.3, 0.4) is 0 Å². The number of methoxy groups -OCH3 is 1. The lowest BCUT2D eigenvalue weighted by atomic mass is 10.1. The van der Waals surface area contributed by atoms with Gasteiger partial charge in [-0.2, -0.15) is 0 Å². The standard InChI is InChI=1S/C23H24N6O4/c1-14(30)29-13-17(16-5-3-4-6-18(16)29)21-22(26-12-20(31)33-2)28-10-7-15(11-19(28)27-21)23(32)25-9-8-24/h3-7,10-11,13,26H,8-9,12,24H2,1-2H3,(H,25,32). The van der Waals surface area contributed by atoms with E-state index in [0.29, 0.717) is 41.4 Å². The molecule has 10 heteroatoms. The van der Waals surface area contributed by atoms with E-state index in [1.807, 2.05) is 24.3 Å². The number of fused-ring (bicyclic) bond motifs is 2. The van der Waals surface area contributed by atoms with Gasteiger partial charge in [-0.05, 0) is 18.2 Å². The summed E-state index contributed by atoms with van der Waals surface area (Å²) in [6, 6.07) is 10.8. The Morgan fingerprint density at radius 2 is 1.97 bits per heavy atom. The fraction of sp³-hybridized carbons (Fsp3) is 0.217. The number of nitrogens with two attached hydrogens (primary N) is 1. The zero-order valence-corrected chi connectivity index (χ0v) is 18.3.